The Hall–Kier alpha value is -2.79. The van der Waals surface area contributed by atoms with Crippen LogP contribution >= 0.6 is 0 Å². The summed E-state index contributed by atoms with van der Waals surface area (Å²) in [5.74, 6) is 1.16. The average molecular weight is 391 g/mol. The molecule has 29 heavy (non-hydrogen) atoms. The first-order chi connectivity index (χ1) is 14.0. The van der Waals surface area contributed by atoms with Gasteiger partial charge < -0.3 is 10.5 Å². The summed E-state index contributed by atoms with van der Waals surface area (Å²) in [4.78, 5) is 2.48. The summed E-state index contributed by atoms with van der Waals surface area (Å²) in [5, 5.41) is 0. The molecule has 2 aliphatic rings. The van der Waals surface area contributed by atoms with E-state index in [1.54, 1.807) is 13.8 Å². The number of halogens is 1. The molecule has 0 saturated carbocycles. The largest absolute Gasteiger partial charge is 0.485 e. The number of hydrogen-bond donors (Lipinski definition) is 1. The fourth-order valence-electron chi connectivity index (χ4n) is 4.96. The molecule has 1 aromatic heterocycles. The van der Waals surface area contributed by atoms with Crippen LogP contribution in [0.1, 0.15) is 46.5 Å². The smallest absolute Gasteiger partial charge is 0.149 e. The third kappa shape index (κ3) is 2.68. The molecule has 0 fully saturated rings. The lowest BCUT2D eigenvalue weighted by Gasteiger charge is -2.34. The lowest BCUT2D eigenvalue weighted by molar-refractivity contribution is 0.190. The van der Waals surface area contributed by atoms with Crippen LogP contribution in [0.4, 0.5) is 10.2 Å². The Morgan fingerprint density at radius 2 is 1.97 bits per heavy atom. The van der Waals surface area contributed by atoms with E-state index in [1.807, 2.05) is 12.1 Å². The first kappa shape index (κ1) is 18.3. The number of hydrogen-bond acceptors (Lipinski definition) is 3. The Morgan fingerprint density at radius 3 is 2.72 bits per heavy atom. The van der Waals surface area contributed by atoms with Gasteiger partial charge >= 0.3 is 0 Å². The van der Waals surface area contributed by atoms with Crippen LogP contribution in [0.3, 0.4) is 0 Å². The number of aromatic nitrogens is 1. The van der Waals surface area contributed by atoms with Crippen molar-refractivity contribution in [1.82, 2.24) is 9.47 Å². The molecule has 150 valence electrons. The minimum Gasteiger partial charge on any atom is -0.485 e. The summed E-state index contributed by atoms with van der Waals surface area (Å²) >= 11 is 0. The van der Waals surface area contributed by atoms with Gasteiger partial charge in [-0.2, -0.15) is 0 Å². The van der Waals surface area contributed by atoms with E-state index >= 15 is 0 Å². The van der Waals surface area contributed by atoms with Crippen molar-refractivity contribution in [3.8, 4) is 11.4 Å². The fraction of sp³-hybridized carbons (Fsp3) is 0.333. The summed E-state index contributed by atoms with van der Waals surface area (Å²) in [6, 6.07) is 12.6. The molecular weight excluding hydrogens is 365 g/mol. The first-order valence-corrected chi connectivity index (χ1v) is 10.2. The first-order valence-electron chi connectivity index (χ1n) is 10.2. The Bertz CT molecular complexity index is 1100. The normalized spacial score (nSPS) is 18.0. The van der Waals surface area contributed by atoms with E-state index in [2.05, 4.69) is 40.7 Å². The van der Waals surface area contributed by atoms with E-state index in [-0.39, 0.29) is 11.9 Å². The highest BCUT2D eigenvalue weighted by Crippen LogP contribution is 2.45. The SMILES string of the molecule is Cc1cc2c(c(C)c1F)OCc1c3c(c(N)n1-2)C(C)N(Cc1ccccc1)CC3. The molecule has 5 rings (SSSR count). The molecular formula is C24H26FN3O. The van der Waals surface area contributed by atoms with Gasteiger partial charge in [0.25, 0.3) is 0 Å². The third-order valence-corrected chi connectivity index (χ3v) is 6.50. The van der Waals surface area contributed by atoms with Crippen molar-refractivity contribution in [2.75, 3.05) is 12.3 Å². The van der Waals surface area contributed by atoms with Crippen LogP contribution < -0.4 is 10.5 Å². The summed E-state index contributed by atoms with van der Waals surface area (Å²) in [6.07, 6.45) is 0.941. The summed E-state index contributed by atoms with van der Waals surface area (Å²) in [7, 11) is 0. The van der Waals surface area contributed by atoms with E-state index in [0.29, 0.717) is 23.5 Å². The zero-order valence-electron chi connectivity index (χ0n) is 17.1. The monoisotopic (exact) mass is 391 g/mol. The fourth-order valence-corrected chi connectivity index (χ4v) is 4.96. The molecule has 5 heteroatoms. The van der Waals surface area contributed by atoms with Gasteiger partial charge in [0.05, 0.1) is 11.4 Å². The molecule has 1 atom stereocenters. The standard InChI is InChI=1S/C24H26FN3O/c1-14-11-19-23(15(2)22(14)25)29-13-20-18-9-10-27(12-17-7-5-4-6-8-17)16(3)21(18)24(26)28(19)20/h4-8,11,16H,9-10,12-13,26H2,1-3H3. The zero-order valence-corrected chi connectivity index (χ0v) is 17.1. The van der Waals surface area contributed by atoms with Crippen LogP contribution in [-0.2, 0) is 19.6 Å². The van der Waals surface area contributed by atoms with Gasteiger partial charge in [0, 0.05) is 30.3 Å². The van der Waals surface area contributed by atoms with Crippen molar-refractivity contribution in [3.63, 3.8) is 0 Å². The number of anilines is 1. The third-order valence-electron chi connectivity index (χ3n) is 6.50. The molecule has 3 aromatic rings. The number of nitrogens with zero attached hydrogens (tertiary/aromatic N) is 2. The molecule has 1 unspecified atom stereocenters. The van der Waals surface area contributed by atoms with Gasteiger partial charge in [0.1, 0.15) is 24.0 Å². The maximum absolute atomic E-state index is 14.4. The zero-order chi connectivity index (χ0) is 20.3. The van der Waals surface area contributed by atoms with E-state index < -0.39 is 0 Å². The van der Waals surface area contributed by atoms with E-state index in [4.69, 9.17) is 10.5 Å². The summed E-state index contributed by atoms with van der Waals surface area (Å²) < 4.78 is 22.5. The Labute approximate surface area is 170 Å². The molecule has 3 heterocycles. The van der Waals surface area contributed by atoms with Gasteiger partial charge in [0.2, 0.25) is 0 Å². The van der Waals surface area contributed by atoms with Crippen molar-refractivity contribution in [2.45, 2.75) is 46.4 Å². The van der Waals surface area contributed by atoms with Crippen molar-refractivity contribution in [2.24, 2.45) is 0 Å². The lowest BCUT2D eigenvalue weighted by atomic mass is 9.94. The molecule has 0 aliphatic carbocycles. The van der Waals surface area contributed by atoms with Gasteiger partial charge in [0.15, 0.2) is 0 Å². The maximum atomic E-state index is 14.4. The molecule has 4 nitrogen and oxygen atoms in total. The summed E-state index contributed by atoms with van der Waals surface area (Å²) in [6.45, 7) is 8.11. The average Bonchev–Trinajstić information content (AvgIpc) is 3.02. The van der Waals surface area contributed by atoms with Gasteiger partial charge in [-0.15, -0.1) is 0 Å². The van der Waals surface area contributed by atoms with Gasteiger partial charge in [-0.25, -0.2) is 4.39 Å². The van der Waals surface area contributed by atoms with Crippen LogP contribution in [0, 0.1) is 19.7 Å². The van der Waals surface area contributed by atoms with Crippen molar-refractivity contribution < 1.29 is 9.13 Å². The van der Waals surface area contributed by atoms with Crippen LogP contribution in [-0.4, -0.2) is 16.0 Å². The number of nitrogens with two attached hydrogens (primary N) is 1. The molecule has 2 N–H and O–H groups in total. The highest BCUT2D eigenvalue weighted by Gasteiger charge is 2.35. The predicted molar refractivity (Wildman–Crippen MR) is 113 cm³/mol. The Kier molecular flexibility index (Phi) is 4.17. The second-order valence-corrected chi connectivity index (χ2v) is 8.21. The van der Waals surface area contributed by atoms with E-state index in [1.165, 1.54) is 16.7 Å². The topological polar surface area (TPSA) is 43.4 Å². The predicted octanol–water partition coefficient (Wildman–Crippen LogP) is 4.83. The second kappa shape index (κ2) is 6.63. The van der Waals surface area contributed by atoms with E-state index in [0.717, 1.165) is 36.7 Å². The number of benzene rings is 2. The molecule has 2 aliphatic heterocycles. The molecule has 0 spiro atoms. The van der Waals surface area contributed by atoms with Gasteiger partial charge in [-0.05, 0) is 49.9 Å². The van der Waals surface area contributed by atoms with Crippen LogP contribution in [0.25, 0.3) is 5.69 Å². The minimum atomic E-state index is -0.204. The van der Waals surface area contributed by atoms with Crippen LogP contribution in [0.5, 0.6) is 5.75 Å². The minimum absolute atomic E-state index is 0.204. The van der Waals surface area contributed by atoms with Crippen LogP contribution in [0.15, 0.2) is 36.4 Å². The lowest BCUT2D eigenvalue weighted by Crippen LogP contribution is -2.33. The molecule has 0 radical (unpaired) electrons. The number of fused-ring (bicyclic) bond motifs is 5. The molecule has 0 bridgehead atoms. The van der Waals surface area contributed by atoms with Gasteiger partial charge in [-0.1, -0.05) is 30.3 Å². The number of ether oxygens (including phenoxy) is 1. The van der Waals surface area contributed by atoms with Crippen LogP contribution in [0.2, 0.25) is 0 Å². The molecule has 0 saturated heterocycles. The Morgan fingerprint density at radius 1 is 1.21 bits per heavy atom. The van der Waals surface area contributed by atoms with Crippen molar-refractivity contribution in [3.05, 3.63) is 75.7 Å². The Balaban J connectivity index is 1.59. The van der Waals surface area contributed by atoms with E-state index in [9.17, 15) is 4.39 Å². The molecule has 2 aromatic carbocycles. The number of aryl methyl sites for hydroxylation is 1. The highest BCUT2D eigenvalue weighted by molar-refractivity contribution is 5.66. The van der Waals surface area contributed by atoms with Crippen molar-refractivity contribution in [1.29, 1.82) is 0 Å². The van der Waals surface area contributed by atoms with Crippen molar-refractivity contribution >= 4 is 5.82 Å². The quantitative estimate of drug-likeness (QED) is 0.681. The second-order valence-electron chi connectivity index (χ2n) is 8.21. The maximum Gasteiger partial charge on any atom is 0.149 e. The summed E-state index contributed by atoms with van der Waals surface area (Å²) in [5.41, 5.74) is 13.7. The number of rotatable bonds is 2. The van der Waals surface area contributed by atoms with Gasteiger partial charge in [-0.3, -0.25) is 9.47 Å². The molecule has 0 amide bonds. The highest BCUT2D eigenvalue weighted by atomic mass is 19.1. The number of nitrogen functional groups attached to an aromatic ring is 1.